The summed E-state index contributed by atoms with van der Waals surface area (Å²) < 4.78 is 1.45. The molecule has 2 aromatic rings. The monoisotopic (exact) mass is 218 g/mol. The Morgan fingerprint density at radius 2 is 1.93 bits per heavy atom. The van der Waals surface area contributed by atoms with Gasteiger partial charge < -0.3 is 0 Å². The zero-order valence-corrected chi connectivity index (χ0v) is 10.7. The normalized spacial score (nSPS) is 11.5. The van der Waals surface area contributed by atoms with E-state index in [0.717, 1.165) is 5.92 Å². The van der Waals surface area contributed by atoms with E-state index in [0.29, 0.717) is 0 Å². The Bertz CT molecular complexity index is 477. The van der Waals surface area contributed by atoms with Crippen molar-refractivity contribution in [1.29, 1.82) is 0 Å². The highest BCUT2D eigenvalue weighted by molar-refractivity contribution is 7.19. The molecule has 0 bridgehead atoms. The van der Waals surface area contributed by atoms with Gasteiger partial charge in [0.25, 0.3) is 0 Å². The van der Waals surface area contributed by atoms with E-state index in [-0.39, 0.29) is 0 Å². The first-order valence-corrected chi connectivity index (χ1v) is 6.38. The van der Waals surface area contributed by atoms with Crippen molar-refractivity contribution in [3.05, 3.63) is 34.2 Å². The molecule has 0 spiro atoms. The van der Waals surface area contributed by atoms with Crippen LogP contribution >= 0.6 is 11.3 Å². The molecular weight excluding hydrogens is 200 g/mol. The summed E-state index contributed by atoms with van der Waals surface area (Å²) in [5, 5.41) is 1.44. The van der Waals surface area contributed by atoms with Gasteiger partial charge >= 0.3 is 0 Å². The fourth-order valence-electron chi connectivity index (χ4n) is 1.99. The Morgan fingerprint density at radius 3 is 2.60 bits per heavy atom. The molecule has 1 aromatic heterocycles. The summed E-state index contributed by atoms with van der Waals surface area (Å²) in [4.78, 5) is 1.45. The van der Waals surface area contributed by atoms with Crippen molar-refractivity contribution in [3.8, 4) is 0 Å². The molecule has 0 fully saturated rings. The maximum Gasteiger partial charge on any atom is 0.0351 e. The number of aryl methyl sites for hydroxylation is 2. The molecule has 0 saturated carbocycles. The van der Waals surface area contributed by atoms with E-state index in [1.54, 1.807) is 0 Å². The van der Waals surface area contributed by atoms with Crippen molar-refractivity contribution in [2.24, 2.45) is 5.92 Å². The van der Waals surface area contributed by atoms with Crippen molar-refractivity contribution < 1.29 is 0 Å². The average Bonchev–Trinajstić information content (AvgIpc) is 2.41. The highest BCUT2D eigenvalue weighted by Gasteiger charge is 2.06. The zero-order valence-electron chi connectivity index (χ0n) is 9.92. The molecule has 1 heterocycles. The molecule has 0 aliphatic carbocycles. The summed E-state index contributed by atoms with van der Waals surface area (Å²) in [7, 11) is 0. The second kappa shape index (κ2) is 3.97. The molecule has 0 nitrogen and oxygen atoms in total. The largest absolute Gasteiger partial charge is 0.140 e. The van der Waals surface area contributed by atoms with Crippen LogP contribution in [0.4, 0.5) is 0 Å². The lowest BCUT2D eigenvalue weighted by molar-refractivity contribution is 0.648. The molecule has 80 valence electrons. The first-order chi connectivity index (χ1) is 7.08. The minimum atomic E-state index is 0.740. The molecule has 1 heteroatoms. The summed E-state index contributed by atoms with van der Waals surface area (Å²) in [5.41, 5.74) is 2.92. The smallest absolute Gasteiger partial charge is 0.0351 e. The first kappa shape index (κ1) is 10.7. The van der Waals surface area contributed by atoms with Crippen LogP contribution < -0.4 is 0 Å². The van der Waals surface area contributed by atoms with Crippen molar-refractivity contribution in [2.75, 3.05) is 0 Å². The highest BCUT2D eigenvalue weighted by atomic mass is 32.1. The third-order valence-corrected chi connectivity index (χ3v) is 4.06. The van der Waals surface area contributed by atoms with Gasteiger partial charge in [-0.05, 0) is 48.8 Å². The Morgan fingerprint density at radius 1 is 1.20 bits per heavy atom. The SMILES string of the molecule is Cc1sc2cc(CC(C)C)ccc2c1C. The third-order valence-electron chi connectivity index (χ3n) is 2.89. The number of thiophene rings is 1. The van der Waals surface area contributed by atoms with Crippen LogP contribution in [-0.2, 0) is 6.42 Å². The fraction of sp³-hybridized carbons (Fsp3) is 0.429. The molecule has 0 amide bonds. The highest BCUT2D eigenvalue weighted by Crippen LogP contribution is 2.31. The van der Waals surface area contributed by atoms with Crippen LogP contribution in [0.5, 0.6) is 0 Å². The van der Waals surface area contributed by atoms with Crippen molar-refractivity contribution in [3.63, 3.8) is 0 Å². The van der Waals surface area contributed by atoms with E-state index in [1.807, 2.05) is 11.3 Å². The van der Waals surface area contributed by atoms with Crippen LogP contribution in [0.2, 0.25) is 0 Å². The van der Waals surface area contributed by atoms with Gasteiger partial charge in [0.2, 0.25) is 0 Å². The zero-order chi connectivity index (χ0) is 11.0. The van der Waals surface area contributed by atoms with Gasteiger partial charge in [-0.15, -0.1) is 11.3 Å². The summed E-state index contributed by atoms with van der Waals surface area (Å²) in [6, 6.07) is 6.92. The maximum absolute atomic E-state index is 2.36. The van der Waals surface area contributed by atoms with E-state index in [2.05, 4.69) is 45.9 Å². The number of rotatable bonds is 2. The van der Waals surface area contributed by atoms with Gasteiger partial charge in [-0.1, -0.05) is 26.0 Å². The van der Waals surface area contributed by atoms with Crippen LogP contribution in [0.15, 0.2) is 18.2 Å². The molecule has 0 radical (unpaired) electrons. The first-order valence-electron chi connectivity index (χ1n) is 5.56. The van der Waals surface area contributed by atoms with Crippen LogP contribution in [-0.4, -0.2) is 0 Å². The van der Waals surface area contributed by atoms with Crippen LogP contribution in [0.25, 0.3) is 10.1 Å². The van der Waals surface area contributed by atoms with E-state index in [4.69, 9.17) is 0 Å². The number of fused-ring (bicyclic) bond motifs is 1. The Kier molecular flexibility index (Phi) is 2.83. The quantitative estimate of drug-likeness (QED) is 0.684. The second-order valence-corrected chi connectivity index (χ2v) is 5.97. The van der Waals surface area contributed by atoms with E-state index in [9.17, 15) is 0 Å². The lowest BCUT2D eigenvalue weighted by Crippen LogP contribution is -1.92. The van der Waals surface area contributed by atoms with Crippen LogP contribution in [0, 0.1) is 19.8 Å². The molecular formula is C14H18S. The molecule has 0 saturated heterocycles. The molecule has 0 N–H and O–H groups in total. The summed E-state index contributed by atoms with van der Waals surface area (Å²) in [6.45, 7) is 8.97. The Labute approximate surface area is 95.9 Å². The lowest BCUT2D eigenvalue weighted by atomic mass is 10.0. The van der Waals surface area contributed by atoms with Gasteiger partial charge in [-0.2, -0.15) is 0 Å². The number of hydrogen-bond acceptors (Lipinski definition) is 1. The Balaban J connectivity index is 2.47. The molecule has 0 aliphatic rings. The van der Waals surface area contributed by atoms with E-state index >= 15 is 0 Å². The number of hydrogen-bond donors (Lipinski definition) is 0. The summed E-state index contributed by atoms with van der Waals surface area (Å²) in [5.74, 6) is 0.740. The fourth-order valence-corrected chi connectivity index (χ4v) is 3.12. The second-order valence-electron chi connectivity index (χ2n) is 4.71. The molecule has 2 rings (SSSR count). The maximum atomic E-state index is 2.36. The predicted octanol–water partition coefficient (Wildman–Crippen LogP) is 4.72. The van der Waals surface area contributed by atoms with Crippen molar-refractivity contribution in [2.45, 2.75) is 34.1 Å². The van der Waals surface area contributed by atoms with E-state index < -0.39 is 0 Å². The van der Waals surface area contributed by atoms with Gasteiger partial charge in [0, 0.05) is 9.58 Å². The molecule has 0 atom stereocenters. The lowest BCUT2D eigenvalue weighted by Gasteiger charge is -2.04. The minimum Gasteiger partial charge on any atom is -0.140 e. The Hall–Kier alpha value is -0.820. The summed E-state index contributed by atoms with van der Waals surface area (Å²) >= 11 is 1.92. The van der Waals surface area contributed by atoms with Crippen molar-refractivity contribution >= 4 is 21.4 Å². The summed E-state index contributed by atoms with van der Waals surface area (Å²) in [6.07, 6.45) is 1.19. The van der Waals surface area contributed by atoms with E-state index in [1.165, 1.54) is 32.5 Å². The predicted molar refractivity (Wildman–Crippen MR) is 69.8 cm³/mol. The van der Waals surface area contributed by atoms with Crippen LogP contribution in [0.1, 0.15) is 29.9 Å². The number of benzene rings is 1. The standard InChI is InChI=1S/C14H18S/c1-9(2)7-12-5-6-13-10(3)11(4)15-14(13)8-12/h5-6,8-9H,7H2,1-4H3. The molecule has 1 aromatic carbocycles. The van der Waals surface area contributed by atoms with Gasteiger partial charge in [0.05, 0.1) is 0 Å². The van der Waals surface area contributed by atoms with Gasteiger partial charge in [-0.3, -0.25) is 0 Å². The third kappa shape index (κ3) is 2.07. The van der Waals surface area contributed by atoms with Gasteiger partial charge in [0.1, 0.15) is 0 Å². The van der Waals surface area contributed by atoms with Crippen molar-refractivity contribution in [1.82, 2.24) is 0 Å². The van der Waals surface area contributed by atoms with Gasteiger partial charge in [0.15, 0.2) is 0 Å². The topological polar surface area (TPSA) is 0 Å². The molecule has 15 heavy (non-hydrogen) atoms. The molecule has 0 aliphatic heterocycles. The van der Waals surface area contributed by atoms with Gasteiger partial charge in [-0.25, -0.2) is 0 Å². The average molecular weight is 218 g/mol. The molecule has 0 unspecified atom stereocenters. The minimum absolute atomic E-state index is 0.740. The van der Waals surface area contributed by atoms with Crippen LogP contribution in [0.3, 0.4) is 0 Å².